The topological polar surface area (TPSA) is 32.3 Å². The Balaban J connectivity index is 0.00000162. The van der Waals surface area contributed by atoms with Crippen molar-refractivity contribution >= 4 is 18.3 Å². The van der Waals surface area contributed by atoms with Crippen molar-refractivity contribution in [3.63, 3.8) is 0 Å². The monoisotopic (exact) mass is 274 g/mol. The fourth-order valence-corrected chi connectivity index (χ4v) is 3.21. The number of piperidine rings is 2. The van der Waals surface area contributed by atoms with E-state index in [4.69, 9.17) is 0 Å². The zero-order chi connectivity index (χ0) is 12.3. The van der Waals surface area contributed by atoms with Crippen molar-refractivity contribution in [1.82, 2.24) is 10.2 Å². The third-order valence-electron chi connectivity index (χ3n) is 4.38. The Bertz CT molecular complexity index is 273. The van der Waals surface area contributed by atoms with Crippen molar-refractivity contribution < 1.29 is 4.79 Å². The number of hydrogen-bond acceptors (Lipinski definition) is 2. The molecule has 0 bridgehead atoms. The molecule has 1 N–H and O–H groups in total. The van der Waals surface area contributed by atoms with Crippen LogP contribution in [0.4, 0.5) is 0 Å². The van der Waals surface area contributed by atoms with Gasteiger partial charge in [-0.05, 0) is 45.1 Å². The summed E-state index contributed by atoms with van der Waals surface area (Å²) in [5, 5.41) is 3.42. The number of carbonyl (C=O) groups excluding carboxylic acids is 1. The van der Waals surface area contributed by atoms with Gasteiger partial charge in [0.05, 0.1) is 0 Å². The molecule has 3 atom stereocenters. The molecule has 0 radical (unpaired) electrons. The molecular weight excluding hydrogens is 248 g/mol. The highest BCUT2D eigenvalue weighted by Crippen LogP contribution is 2.24. The van der Waals surface area contributed by atoms with E-state index in [0.29, 0.717) is 11.9 Å². The maximum Gasteiger partial charge on any atom is 0.225 e. The van der Waals surface area contributed by atoms with Crippen LogP contribution in [-0.2, 0) is 4.79 Å². The third kappa shape index (κ3) is 3.86. The summed E-state index contributed by atoms with van der Waals surface area (Å²) in [6, 6.07) is 0.504. The van der Waals surface area contributed by atoms with E-state index in [-0.39, 0.29) is 18.3 Å². The number of halogens is 1. The molecule has 0 saturated carbocycles. The minimum absolute atomic E-state index is 0. The van der Waals surface area contributed by atoms with Gasteiger partial charge < -0.3 is 10.2 Å². The minimum atomic E-state index is 0. The van der Waals surface area contributed by atoms with Gasteiger partial charge in [0.2, 0.25) is 5.91 Å². The molecule has 0 aromatic heterocycles. The molecule has 2 saturated heterocycles. The van der Waals surface area contributed by atoms with Crippen molar-refractivity contribution in [2.24, 2.45) is 11.8 Å². The van der Waals surface area contributed by atoms with Crippen LogP contribution >= 0.6 is 12.4 Å². The quantitative estimate of drug-likeness (QED) is 0.839. The van der Waals surface area contributed by atoms with E-state index in [1.165, 1.54) is 19.3 Å². The predicted octanol–water partition coefficient (Wildman–Crippen LogP) is 2.44. The van der Waals surface area contributed by atoms with Gasteiger partial charge in [-0.3, -0.25) is 4.79 Å². The van der Waals surface area contributed by atoms with Crippen LogP contribution in [0.3, 0.4) is 0 Å². The zero-order valence-corrected chi connectivity index (χ0v) is 12.5. The van der Waals surface area contributed by atoms with Gasteiger partial charge in [0.25, 0.3) is 0 Å². The van der Waals surface area contributed by atoms with Gasteiger partial charge in [-0.2, -0.15) is 0 Å². The van der Waals surface area contributed by atoms with E-state index in [9.17, 15) is 4.79 Å². The number of rotatable bonds is 2. The van der Waals surface area contributed by atoms with Crippen LogP contribution in [0.25, 0.3) is 0 Å². The average Bonchev–Trinajstić information content (AvgIpc) is 2.38. The van der Waals surface area contributed by atoms with Crippen LogP contribution in [0.1, 0.15) is 46.0 Å². The first-order chi connectivity index (χ1) is 8.20. The van der Waals surface area contributed by atoms with Crippen LogP contribution in [0, 0.1) is 11.8 Å². The smallest absolute Gasteiger partial charge is 0.225 e. The van der Waals surface area contributed by atoms with E-state index in [2.05, 4.69) is 24.1 Å². The third-order valence-corrected chi connectivity index (χ3v) is 4.38. The lowest BCUT2D eigenvalue weighted by atomic mass is 9.89. The zero-order valence-electron chi connectivity index (χ0n) is 11.7. The first-order valence-corrected chi connectivity index (χ1v) is 7.23. The molecular formula is C14H27ClN2O. The summed E-state index contributed by atoms with van der Waals surface area (Å²) in [5.41, 5.74) is 0. The van der Waals surface area contributed by atoms with Gasteiger partial charge >= 0.3 is 0 Å². The Morgan fingerprint density at radius 2 is 2.17 bits per heavy atom. The second-order valence-electron chi connectivity index (χ2n) is 5.78. The molecule has 4 heteroatoms. The molecule has 0 aromatic carbocycles. The fraction of sp³-hybridized carbons (Fsp3) is 0.929. The number of nitrogens with one attached hydrogen (secondary N) is 1. The molecule has 18 heavy (non-hydrogen) atoms. The molecule has 2 fully saturated rings. The molecule has 2 heterocycles. The summed E-state index contributed by atoms with van der Waals surface area (Å²) in [7, 11) is 0. The van der Waals surface area contributed by atoms with Gasteiger partial charge in [-0.1, -0.05) is 13.3 Å². The summed E-state index contributed by atoms with van der Waals surface area (Å²) in [6.07, 6.45) is 5.77. The molecule has 3 nitrogen and oxygen atoms in total. The first kappa shape index (κ1) is 15.8. The lowest BCUT2D eigenvalue weighted by molar-refractivity contribution is -0.138. The molecule has 106 valence electrons. The van der Waals surface area contributed by atoms with Crippen LogP contribution in [0.15, 0.2) is 0 Å². The first-order valence-electron chi connectivity index (χ1n) is 7.23. The molecule has 1 amide bonds. The number of nitrogens with zero attached hydrogens (tertiary/aromatic N) is 1. The van der Waals surface area contributed by atoms with Gasteiger partial charge in [0.15, 0.2) is 0 Å². The highest BCUT2D eigenvalue weighted by Gasteiger charge is 2.30. The number of amides is 1. The molecule has 2 rings (SSSR count). The SMILES string of the molecule is CCC1CCCN(C(=O)[C@H]2CCN[C@@H](C)C2)C1.Cl. The Kier molecular flexibility index (Phi) is 6.44. The Hall–Kier alpha value is -0.280. The Morgan fingerprint density at radius 3 is 2.83 bits per heavy atom. The highest BCUT2D eigenvalue weighted by atomic mass is 35.5. The number of carbonyl (C=O) groups is 1. The minimum Gasteiger partial charge on any atom is -0.342 e. The van der Waals surface area contributed by atoms with Gasteiger partial charge in [0.1, 0.15) is 0 Å². The summed E-state index contributed by atoms with van der Waals surface area (Å²) in [6.45, 7) is 7.43. The maximum atomic E-state index is 12.5. The van der Waals surface area contributed by atoms with E-state index < -0.39 is 0 Å². The van der Waals surface area contributed by atoms with E-state index in [1.807, 2.05) is 0 Å². The Morgan fingerprint density at radius 1 is 1.39 bits per heavy atom. The van der Waals surface area contributed by atoms with E-state index >= 15 is 0 Å². The summed E-state index contributed by atoms with van der Waals surface area (Å²) in [4.78, 5) is 14.6. The van der Waals surface area contributed by atoms with Crippen molar-refractivity contribution in [2.75, 3.05) is 19.6 Å². The molecule has 2 aliphatic rings. The van der Waals surface area contributed by atoms with Gasteiger partial charge in [-0.25, -0.2) is 0 Å². The molecule has 0 aliphatic carbocycles. The fourth-order valence-electron chi connectivity index (χ4n) is 3.21. The molecule has 0 aromatic rings. The van der Waals surface area contributed by atoms with Crippen molar-refractivity contribution in [2.45, 2.75) is 52.0 Å². The predicted molar refractivity (Wildman–Crippen MR) is 77.0 cm³/mol. The van der Waals surface area contributed by atoms with Crippen molar-refractivity contribution in [3.05, 3.63) is 0 Å². The van der Waals surface area contributed by atoms with Gasteiger partial charge in [-0.15, -0.1) is 12.4 Å². The normalized spacial score (nSPS) is 32.8. The average molecular weight is 275 g/mol. The number of likely N-dealkylation sites (tertiary alicyclic amines) is 1. The molecule has 2 aliphatic heterocycles. The van der Waals surface area contributed by atoms with Crippen LogP contribution < -0.4 is 5.32 Å². The number of hydrogen-bond donors (Lipinski definition) is 1. The highest BCUT2D eigenvalue weighted by molar-refractivity contribution is 5.85. The summed E-state index contributed by atoms with van der Waals surface area (Å²) < 4.78 is 0. The van der Waals surface area contributed by atoms with Gasteiger partial charge in [0, 0.05) is 25.0 Å². The van der Waals surface area contributed by atoms with Crippen LogP contribution in [0.5, 0.6) is 0 Å². The van der Waals surface area contributed by atoms with Crippen LogP contribution in [-0.4, -0.2) is 36.5 Å². The van der Waals surface area contributed by atoms with E-state index in [1.54, 1.807) is 0 Å². The summed E-state index contributed by atoms with van der Waals surface area (Å²) in [5.74, 6) is 1.45. The van der Waals surface area contributed by atoms with Crippen molar-refractivity contribution in [3.8, 4) is 0 Å². The lowest BCUT2D eigenvalue weighted by Gasteiger charge is -2.36. The Labute approximate surface area is 117 Å². The second-order valence-corrected chi connectivity index (χ2v) is 5.78. The van der Waals surface area contributed by atoms with Crippen LogP contribution in [0.2, 0.25) is 0 Å². The second kappa shape index (κ2) is 7.34. The van der Waals surface area contributed by atoms with Crippen molar-refractivity contribution in [1.29, 1.82) is 0 Å². The largest absolute Gasteiger partial charge is 0.342 e. The summed E-state index contributed by atoms with van der Waals surface area (Å²) >= 11 is 0. The lowest BCUT2D eigenvalue weighted by Crippen LogP contribution is -2.47. The maximum absolute atomic E-state index is 12.5. The van der Waals surface area contributed by atoms with E-state index in [0.717, 1.165) is 38.4 Å². The molecule has 0 spiro atoms. The standard InChI is InChI=1S/C14H26N2O.ClH/c1-3-12-5-4-8-16(10-12)14(17)13-6-7-15-11(2)9-13;/h11-13,15H,3-10H2,1-2H3;1H/t11-,12?,13-;/m0./s1. The molecule has 1 unspecified atom stereocenters.